The number of nitrogens with zero attached hydrogens (tertiary/aromatic N) is 4. The van der Waals surface area contributed by atoms with Gasteiger partial charge < -0.3 is 10.6 Å². The summed E-state index contributed by atoms with van der Waals surface area (Å²) in [6.45, 7) is 7.63. The largest absolute Gasteiger partial charge is 0.335 e. The molecule has 2 heterocycles. The highest BCUT2D eigenvalue weighted by Crippen LogP contribution is 2.21. The van der Waals surface area contributed by atoms with Crippen LogP contribution in [0.15, 0.2) is 77.9 Å². The molecule has 0 aliphatic rings. The van der Waals surface area contributed by atoms with Gasteiger partial charge in [-0.3, -0.25) is 19.1 Å². The van der Waals surface area contributed by atoms with Crippen molar-refractivity contribution in [2.24, 2.45) is 11.7 Å². The predicted octanol–water partition coefficient (Wildman–Crippen LogP) is 4.21. The smallest absolute Gasteiger partial charge is 0.261 e. The lowest BCUT2D eigenvalue weighted by Crippen LogP contribution is -2.46. The fourth-order valence-corrected chi connectivity index (χ4v) is 4.64. The van der Waals surface area contributed by atoms with Gasteiger partial charge in [-0.2, -0.15) is 0 Å². The number of amides is 1. The highest BCUT2D eigenvalue weighted by atomic mass is 16.2. The van der Waals surface area contributed by atoms with Crippen molar-refractivity contribution in [3.05, 3.63) is 106 Å². The predicted molar refractivity (Wildman–Crippen MR) is 148 cm³/mol. The number of nitrogens with two attached hydrogens (primary N) is 1. The highest BCUT2D eigenvalue weighted by Gasteiger charge is 2.29. The van der Waals surface area contributed by atoms with Crippen molar-refractivity contribution in [1.29, 1.82) is 0 Å². The Kier molecular flexibility index (Phi) is 8.46. The molecule has 37 heavy (non-hydrogen) atoms. The van der Waals surface area contributed by atoms with Crippen LogP contribution in [0.3, 0.4) is 0 Å². The Morgan fingerprint density at radius 2 is 1.78 bits per heavy atom. The molecule has 0 radical (unpaired) electrons. The second-order valence-corrected chi connectivity index (χ2v) is 9.82. The molecule has 2 aromatic carbocycles. The topological polar surface area (TPSA) is 94.1 Å². The van der Waals surface area contributed by atoms with Crippen molar-refractivity contribution >= 4 is 16.8 Å². The zero-order valence-corrected chi connectivity index (χ0v) is 21.8. The second kappa shape index (κ2) is 11.9. The van der Waals surface area contributed by atoms with Crippen LogP contribution in [-0.4, -0.2) is 44.5 Å². The van der Waals surface area contributed by atoms with Gasteiger partial charge in [-0.15, -0.1) is 0 Å². The SMILES string of the molecule is Cc1ccc(C(=O)N(CCCN)C(Cc2nc3cnccc3c(=O)n2Cc2ccccc2)C(C)C)cc1. The van der Waals surface area contributed by atoms with Crippen LogP contribution in [0.4, 0.5) is 0 Å². The van der Waals surface area contributed by atoms with E-state index in [9.17, 15) is 9.59 Å². The minimum absolute atomic E-state index is 0.0356. The number of rotatable bonds is 10. The minimum Gasteiger partial charge on any atom is -0.335 e. The van der Waals surface area contributed by atoms with E-state index in [2.05, 4.69) is 18.8 Å². The molecule has 1 amide bonds. The monoisotopic (exact) mass is 497 g/mol. The third-order valence-electron chi connectivity index (χ3n) is 6.74. The Bertz CT molecular complexity index is 1400. The van der Waals surface area contributed by atoms with Crippen molar-refractivity contribution in [1.82, 2.24) is 19.4 Å². The van der Waals surface area contributed by atoms with Crippen LogP contribution in [0.25, 0.3) is 10.9 Å². The fourth-order valence-electron chi connectivity index (χ4n) is 4.64. The second-order valence-electron chi connectivity index (χ2n) is 9.82. The number of pyridine rings is 1. The molecule has 0 bridgehead atoms. The Morgan fingerprint density at radius 3 is 2.46 bits per heavy atom. The maximum atomic E-state index is 13.7. The van der Waals surface area contributed by atoms with Gasteiger partial charge in [0.05, 0.1) is 23.6 Å². The quantitative estimate of drug-likeness (QED) is 0.354. The molecule has 0 saturated heterocycles. The van der Waals surface area contributed by atoms with E-state index in [0.29, 0.717) is 54.8 Å². The third kappa shape index (κ3) is 6.12. The first-order valence-corrected chi connectivity index (χ1v) is 12.8. The Balaban J connectivity index is 1.78. The summed E-state index contributed by atoms with van der Waals surface area (Å²) in [7, 11) is 0. The van der Waals surface area contributed by atoms with Crippen LogP contribution < -0.4 is 11.3 Å². The summed E-state index contributed by atoms with van der Waals surface area (Å²) >= 11 is 0. The molecule has 0 fully saturated rings. The molecular formula is C30H35N5O2. The van der Waals surface area contributed by atoms with Gasteiger partial charge in [0, 0.05) is 30.8 Å². The molecule has 4 aromatic rings. The van der Waals surface area contributed by atoms with Gasteiger partial charge in [-0.25, -0.2) is 4.98 Å². The van der Waals surface area contributed by atoms with Crippen LogP contribution >= 0.6 is 0 Å². The molecule has 4 rings (SSSR count). The van der Waals surface area contributed by atoms with Crippen LogP contribution in [0.1, 0.15) is 47.6 Å². The van der Waals surface area contributed by atoms with Gasteiger partial charge >= 0.3 is 0 Å². The summed E-state index contributed by atoms with van der Waals surface area (Å²) in [5.74, 6) is 0.730. The van der Waals surface area contributed by atoms with Crippen LogP contribution in [0.2, 0.25) is 0 Å². The van der Waals surface area contributed by atoms with E-state index in [1.807, 2.05) is 66.4 Å². The first-order valence-electron chi connectivity index (χ1n) is 12.8. The van der Waals surface area contributed by atoms with Gasteiger partial charge in [0.15, 0.2) is 0 Å². The van der Waals surface area contributed by atoms with Crippen LogP contribution in [0, 0.1) is 12.8 Å². The van der Waals surface area contributed by atoms with E-state index in [1.54, 1.807) is 23.0 Å². The molecule has 1 atom stereocenters. The van der Waals surface area contributed by atoms with Crippen molar-refractivity contribution in [2.45, 2.75) is 46.2 Å². The van der Waals surface area contributed by atoms with Gasteiger partial charge in [-0.05, 0) is 49.6 Å². The number of benzene rings is 2. The Labute approximate surface area is 218 Å². The lowest BCUT2D eigenvalue weighted by Gasteiger charge is -2.35. The van der Waals surface area contributed by atoms with E-state index in [4.69, 9.17) is 10.7 Å². The molecule has 1 unspecified atom stereocenters. The number of carbonyl (C=O) groups is 1. The molecular weight excluding hydrogens is 462 g/mol. The zero-order valence-electron chi connectivity index (χ0n) is 21.8. The molecule has 2 aromatic heterocycles. The van der Waals surface area contributed by atoms with E-state index in [-0.39, 0.29) is 23.4 Å². The van der Waals surface area contributed by atoms with E-state index in [1.165, 1.54) is 0 Å². The molecule has 7 nitrogen and oxygen atoms in total. The average molecular weight is 498 g/mol. The number of fused-ring (bicyclic) bond motifs is 1. The van der Waals surface area contributed by atoms with Crippen molar-refractivity contribution in [3.8, 4) is 0 Å². The highest BCUT2D eigenvalue weighted by molar-refractivity contribution is 5.94. The number of aromatic nitrogens is 3. The zero-order chi connectivity index (χ0) is 26.4. The molecule has 7 heteroatoms. The molecule has 2 N–H and O–H groups in total. The number of hydrogen-bond acceptors (Lipinski definition) is 5. The number of hydrogen-bond donors (Lipinski definition) is 1. The average Bonchev–Trinajstić information content (AvgIpc) is 2.91. The standard InChI is InChI=1S/C30H35N5O2/c1-21(2)27(34(17-7-15-31)29(36)24-12-10-22(3)11-13-24)18-28-33-26-19-32-16-14-25(26)30(37)35(28)20-23-8-5-4-6-9-23/h4-6,8-14,16,19,21,27H,7,15,17-18,20,31H2,1-3H3. The van der Waals surface area contributed by atoms with E-state index in [0.717, 1.165) is 11.1 Å². The van der Waals surface area contributed by atoms with Gasteiger partial charge in [-0.1, -0.05) is 61.9 Å². The summed E-state index contributed by atoms with van der Waals surface area (Å²) in [6.07, 6.45) is 4.37. The van der Waals surface area contributed by atoms with Gasteiger partial charge in [0.1, 0.15) is 5.82 Å². The van der Waals surface area contributed by atoms with Crippen molar-refractivity contribution < 1.29 is 4.79 Å². The fraction of sp³-hybridized carbons (Fsp3) is 0.333. The maximum absolute atomic E-state index is 13.7. The molecule has 0 aliphatic heterocycles. The Hall–Kier alpha value is -3.84. The normalized spacial score (nSPS) is 12.1. The number of aryl methyl sites for hydroxylation is 1. The molecule has 0 spiro atoms. The summed E-state index contributed by atoms with van der Waals surface area (Å²) in [5, 5.41) is 0.534. The van der Waals surface area contributed by atoms with Gasteiger partial charge in [0.25, 0.3) is 11.5 Å². The first kappa shape index (κ1) is 26.2. The van der Waals surface area contributed by atoms with Crippen LogP contribution in [-0.2, 0) is 13.0 Å². The lowest BCUT2D eigenvalue weighted by atomic mass is 9.96. The summed E-state index contributed by atoms with van der Waals surface area (Å²) in [6, 6.07) is 19.1. The third-order valence-corrected chi connectivity index (χ3v) is 6.74. The number of carbonyl (C=O) groups excluding carboxylic acids is 1. The minimum atomic E-state index is -0.177. The lowest BCUT2D eigenvalue weighted by molar-refractivity contribution is 0.0619. The summed E-state index contributed by atoms with van der Waals surface area (Å²) in [5.41, 5.74) is 9.07. The van der Waals surface area contributed by atoms with Crippen molar-refractivity contribution in [2.75, 3.05) is 13.1 Å². The van der Waals surface area contributed by atoms with E-state index >= 15 is 0 Å². The molecule has 192 valence electrons. The maximum Gasteiger partial charge on any atom is 0.261 e. The molecule has 0 saturated carbocycles. The summed E-state index contributed by atoms with van der Waals surface area (Å²) in [4.78, 5) is 38.4. The Morgan fingerprint density at radius 1 is 1.05 bits per heavy atom. The molecule has 0 aliphatic carbocycles. The van der Waals surface area contributed by atoms with Gasteiger partial charge in [0.2, 0.25) is 0 Å². The van der Waals surface area contributed by atoms with Crippen molar-refractivity contribution in [3.63, 3.8) is 0 Å². The first-order chi connectivity index (χ1) is 17.9. The van der Waals surface area contributed by atoms with E-state index < -0.39 is 0 Å². The summed E-state index contributed by atoms with van der Waals surface area (Å²) < 4.78 is 1.74. The van der Waals surface area contributed by atoms with Crippen LogP contribution in [0.5, 0.6) is 0 Å².